The van der Waals surface area contributed by atoms with Gasteiger partial charge in [0.1, 0.15) is 5.75 Å². The molecule has 2 N–H and O–H groups in total. The molecule has 1 rings (SSSR count). The lowest BCUT2D eigenvalue weighted by atomic mass is 10.3. The monoisotopic (exact) mass is 244 g/mol. The Kier molecular flexibility index (Phi) is 4.14. The van der Waals surface area contributed by atoms with Crippen molar-refractivity contribution in [1.82, 2.24) is 4.72 Å². The number of likely N-dealkylation sites (N-methyl/N-ethyl adjacent to an activating group) is 1. The second-order valence-electron chi connectivity index (χ2n) is 3.60. The van der Waals surface area contributed by atoms with Crippen molar-refractivity contribution in [3.05, 3.63) is 24.3 Å². The van der Waals surface area contributed by atoms with E-state index in [0.717, 1.165) is 11.9 Å². The van der Waals surface area contributed by atoms with E-state index in [-0.39, 0.29) is 5.75 Å². The third-order valence-electron chi connectivity index (χ3n) is 2.10. The first-order valence-corrected chi connectivity index (χ1v) is 6.72. The van der Waals surface area contributed by atoms with E-state index in [1.54, 1.807) is 24.3 Å². The van der Waals surface area contributed by atoms with Crippen molar-refractivity contribution < 1.29 is 13.5 Å². The van der Waals surface area contributed by atoms with Gasteiger partial charge in [0.25, 0.3) is 0 Å². The van der Waals surface area contributed by atoms with E-state index in [0.29, 0.717) is 13.1 Å². The standard InChI is InChI=1S/C10H16N2O3S/c1-12(8-7-11-16(2,14)15)9-3-5-10(13)6-4-9/h3-6,11,13H,7-8H2,1-2H3. The zero-order chi connectivity index (χ0) is 12.2. The average molecular weight is 244 g/mol. The Bertz CT molecular complexity index is 428. The van der Waals surface area contributed by atoms with Crippen molar-refractivity contribution in [1.29, 1.82) is 0 Å². The zero-order valence-corrected chi connectivity index (χ0v) is 10.2. The van der Waals surface area contributed by atoms with E-state index in [1.807, 2.05) is 11.9 Å². The van der Waals surface area contributed by atoms with Crippen LogP contribution in [0.15, 0.2) is 24.3 Å². The van der Waals surface area contributed by atoms with Crippen molar-refractivity contribution in [2.45, 2.75) is 0 Å². The summed E-state index contributed by atoms with van der Waals surface area (Å²) in [4.78, 5) is 1.90. The summed E-state index contributed by atoms with van der Waals surface area (Å²) in [6.45, 7) is 0.925. The third-order valence-corrected chi connectivity index (χ3v) is 2.83. The molecule has 0 saturated heterocycles. The molecule has 90 valence electrons. The number of phenols is 1. The summed E-state index contributed by atoms with van der Waals surface area (Å²) >= 11 is 0. The Morgan fingerprint density at radius 2 is 1.88 bits per heavy atom. The average Bonchev–Trinajstić information content (AvgIpc) is 2.16. The molecule has 1 aromatic carbocycles. The molecule has 16 heavy (non-hydrogen) atoms. The molecule has 0 aromatic heterocycles. The van der Waals surface area contributed by atoms with Gasteiger partial charge in [-0.3, -0.25) is 0 Å². The molecule has 5 nitrogen and oxygen atoms in total. The van der Waals surface area contributed by atoms with Crippen LogP contribution in [0.1, 0.15) is 0 Å². The van der Waals surface area contributed by atoms with Crippen LogP contribution in [0.5, 0.6) is 5.75 Å². The van der Waals surface area contributed by atoms with E-state index in [1.165, 1.54) is 0 Å². The van der Waals surface area contributed by atoms with Crippen LogP contribution in [0, 0.1) is 0 Å². The maximum absolute atomic E-state index is 10.8. The molecular formula is C10H16N2O3S. The Morgan fingerprint density at radius 3 is 2.38 bits per heavy atom. The number of nitrogens with one attached hydrogen (secondary N) is 1. The number of anilines is 1. The van der Waals surface area contributed by atoms with Gasteiger partial charge in [-0.2, -0.15) is 0 Å². The smallest absolute Gasteiger partial charge is 0.208 e. The quantitative estimate of drug-likeness (QED) is 0.785. The minimum absolute atomic E-state index is 0.214. The van der Waals surface area contributed by atoms with Crippen molar-refractivity contribution >= 4 is 15.7 Å². The van der Waals surface area contributed by atoms with Gasteiger partial charge in [0.05, 0.1) is 6.26 Å². The number of benzene rings is 1. The number of phenolic OH excluding ortho intramolecular Hbond substituents is 1. The van der Waals surface area contributed by atoms with Gasteiger partial charge in [-0.15, -0.1) is 0 Å². The molecule has 0 radical (unpaired) electrons. The summed E-state index contributed by atoms with van der Waals surface area (Å²) in [5.41, 5.74) is 0.924. The molecule has 0 amide bonds. The van der Waals surface area contributed by atoms with Crippen LogP contribution >= 0.6 is 0 Å². The van der Waals surface area contributed by atoms with Crippen molar-refractivity contribution in [3.63, 3.8) is 0 Å². The fourth-order valence-electron chi connectivity index (χ4n) is 1.23. The molecule has 0 unspecified atom stereocenters. The molecule has 0 fully saturated rings. The first kappa shape index (κ1) is 12.8. The molecular weight excluding hydrogens is 228 g/mol. The van der Waals surface area contributed by atoms with Crippen molar-refractivity contribution in [3.8, 4) is 5.75 Å². The lowest BCUT2D eigenvalue weighted by Crippen LogP contribution is -2.32. The van der Waals surface area contributed by atoms with Gasteiger partial charge in [-0.1, -0.05) is 0 Å². The second kappa shape index (κ2) is 5.18. The lowest BCUT2D eigenvalue weighted by Gasteiger charge is -2.19. The number of hydrogen-bond donors (Lipinski definition) is 2. The minimum Gasteiger partial charge on any atom is -0.508 e. The highest BCUT2D eigenvalue weighted by Crippen LogP contribution is 2.16. The summed E-state index contributed by atoms with van der Waals surface area (Å²) in [7, 11) is -1.27. The van der Waals surface area contributed by atoms with Crippen LogP contribution < -0.4 is 9.62 Å². The molecule has 0 aliphatic rings. The van der Waals surface area contributed by atoms with Gasteiger partial charge in [-0.25, -0.2) is 13.1 Å². The number of sulfonamides is 1. The second-order valence-corrected chi connectivity index (χ2v) is 5.44. The van der Waals surface area contributed by atoms with Gasteiger partial charge in [0.15, 0.2) is 0 Å². The first-order valence-electron chi connectivity index (χ1n) is 4.83. The van der Waals surface area contributed by atoms with E-state index in [4.69, 9.17) is 5.11 Å². The maximum atomic E-state index is 10.8. The van der Waals surface area contributed by atoms with Crippen molar-refractivity contribution in [2.75, 3.05) is 31.3 Å². The van der Waals surface area contributed by atoms with Gasteiger partial charge < -0.3 is 10.0 Å². The number of rotatable bonds is 5. The molecule has 0 heterocycles. The fraction of sp³-hybridized carbons (Fsp3) is 0.400. The number of hydrogen-bond acceptors (Lipinski definition) is 4. The largest absolute Gasteiger partial charge is 0.508 e. The first-order chi connectivity index (χ1) is 7.38. The molecule has 0 atom stereocenters. The predicted molar refractivity (Wildman–Crippen MR) is 64.2 cm³/mol. The lowest BCUT2D eigenvalue weighted by molar-refractivity contribution is 0.475. The Labute approximate surface area is 95.8 Å². The third kappa shape index (κ3) is 4.50. The highest BCUT2D eigenvalue weighted by atomic mass is 32.2. The van der Waals surface area contributed by atoms with Gasteiger partial charge in [-0.05, 0) is 24.3 Å². The van der Waals surface area contributed by atoms with Crippen LogP contribution in [-0.4, -0.2) is 39.9 Å². The fourth-order valence-corrected chi connectivity index (χ4v) is 1.70. The molecule has 0 saturated carbocycles. The van der Waals surface area contributed by atoms with E-state index in [9.17, 15) is 8.42 Å². The Balaban J connectivity index is 2.47. The van der Waals surface area contributed by atoms with Gasteiger partial charge >= 0.3 is 0 Å². The highest BCUT2D eigenvalue weighted by molar-refractivity contribution is 7.88. The van der Waals surface area contributed by atoms with Gasteiger partial charge in [0, 0.05) is 25.8 Å². The van der Waals surface area contributed by atoms with Crippen molar-refractivity contribution in [2.24, 2.45) is 0 Å². The molecule has 6 heteroatoms. The highest BCUT2D eigenvalue weighted by Gasteiger charge is 2.03. The van der Waals surface area contributed by atoms with Crippen LogP contribution in [0.25, 0.3) is 0 Å². The normalized spacial score (nSPS) is 11.4. The summed E-state index contributed by atoms with van der Waals surface area (Å²) < 4.78 is 24.1. The summed E-state index contributed by atoms with van der Waals surface area (Å²) in [5.74, 6) is 0.214. The van der Waals surface area contributed by atoms with Crippen LogP contribution in [0.4, 0.5) is 5.69 Å². The van der Waals surface area contributed by atoms with Crippen LogP contribution in [0.2, 0.25) is 0 Å². The number of nitrogens with zero attached hydrogens (tertiary/aromatic N) is 1. The SMILES string of the molecule is CN(CCNS(C)(=O)=O)c1ccc(O)cc1. The zero-order valence-electron chi connectivity index (χ0n) is 9.34. The molecule has 0 spiro atoms. The van der Waals surface area contributed by atoms with Gasteiger partial charge in [0.2, 0.25) is 10.0 Å². The molecule has 0 aliphatic carbocycles. The Morgan fingerprint density at radius 1 is 1.31 bits per heavy atom. The molecule has 1 aromatic rings. The molecule has 0 aliphatic heterocycles. The topological polar surface area (TPSA) is 69.6 Å². The van der Waals surface area contributed by atoms with E-state index < -0.39 is 10.0 Å². The van der Waals surface area contributed by atoms with E-state index in [2.05, 4.69) is 4.72 Å². The molecule has 0 bridgehead atoms. The summed E-state index contributed by atoms with van der Waals surface area (Å²) in [6, 6.07) is 6.73. The predicted octanol–water partition coefficient (Wildman–Crippen LogP) is 0.378. The maximum Gasteiger partial charge on any atom is 0.208 e. The van der Waals surface area contributed by atoms with E-state index >= 15 is 0 Å². The van der Waals surface area contributed by atoms with Crippen LogP contribution in [-0.2, 0) is 10.0 Å². The Hall–Kier alpha value is -1.27. The number of aromatic hydroxyl groups is 1. The summed E-state index contributed by atoms with van der Waals surface area (Å²) in [6.07, 6.45) is 1.13. The minimum atomic E-state index is -3.13. The summed E-state index contributed by atoms with van der Waals surface area (Å²) in [5, 5.41) is 9.11. The van der Waals surface area contributed by atoms with Crippen LogP contribution in [0.3, 0.4) is 0 Å².